The second-order valence-corrected chi connectivity index (χ2v) is 8.63. The van der Waals surface area contributed by atoms with Crippen molar-refractivity contribution in [3.05, 3.63) is 70.6 Å². The van der Waals surface area contributed by atoms with Gasteiger partial charge in [0.1, 0.15) is 0 Å². The van der Waals surface area contributed by atoms with Gasteiger partial charge >= 0.3 is 0 Å². The summed E-state index contributed by atoms with van der Waals surface area (Å²) in [5.41, 5.74) is 2.75. The normalized spacial score (nSPS) is 15.3. The molecule has 28 heavy (non-hydrogen) atoms. The van der Waals surface area contributed by atoms with Crippen LogP contribution in [-0.4, -0.2) is 41.7 Å². The Morgan fingerprint density at radius 2 is 1.93 bits per heavy atom. The van der Waals surface area contributed by atoms with Gasteiger partial charge in [-0.1, -0.05) is 42.5 Å². The largest absolute Gasteiger partial charge is 0.390 e. The molecule has 1 aliphatic rings. The summed E-state index contributed by atoms with van der Waals surface area (Å²) >= 11 is 1.75. The SMILES string of the molecule is O=C(CCc1cc2ccccc2s1)NCC(O)CN1CCc2ccccc2C1. The highest BCUT2D eigenvalue weighted by atomic mass is 32.1. The molecule has 2 aromatic carbocycles. The number of amides is 1. The average Bonchev–Trinajstić information content (AvgIpc) is 3.14. The molecule has 4 nitrogen and oxygen atoms in total. The van der Waals surface area contributed by atoms with Crippen molar-refractivity contribution in [2.75, 3.05) is 19.6 Å². The van der Waals surface area contributed by atoms with Crippen molar-refractivity contribution in [2.45, 2.75) is 31.9 Å². The predicted molar refractivity (Wildman–Crippen MR) is 115 cm³/mol. The van der Waals surface area contributed by atoms with Crippen molar-refractivity contribution in [3.8, 4) is 0 Å². The summed E-state index contributed by atoms with van der Waals surface area (Å²) in [6.07, 6.45) is 1.67. The standard InChI is InChI=1S/C23H26N2O2S/c26-20(16-25-12-11-17-5-1-2-7-19(17)15-25)14-24-23(27)10-9-21-13-18-6-3-4-8-22(18)28-21/h1-8,13,20,26H,9-12,14-16H2,(H,24,27). The summed E-state index contributed by atoms with van der Waals surface area (Å²) in [6, 6.07) is 18.9. The maximum absolute atomic E-state index is 12.2. The maximum atomic E-state index is 12.2. The summed E-state index contributed by atoms with van der Waals surface area (Å²) in [4.78, 5) is 15.6. The summed E-state index contributed by atoms with van der Waals surface area (Å²) < 4.78 is 1.26. The minimum absolute atomic E-state index is 0.000459. The number of carbonyl (C=O) groups excluding carboxylic acids is 1. The fourth-order valence-electron chi connectivity index (χ4n) is 3.79. The molecule has 3 aromatic rings. The zero-order valence-electron chi connectivity index (χ0n) is 15.9. The second-order valence-electron chi connectivity index (χ2n) is 7.46. The van der Waals surface area contributed by atoms with Crippen molar-refractivity contribution in [1.29, 1.82) is 0 Å². The van der Waals surface area contributed by atoms with Crippen molar-refractivity contribution < 1.29 is 9.90 Å². The van der Waals surface area contributed by atoms with E-state index in [0.717, 1.165) is 25.9 Å². The van der Waals surface area contributed by atoms with Crippen LogP contribution in [0.25, 0.3) is 10.1 Å². The number of nitrogens with zero attached hydrogens (tertiary/aromatic N) is 1. The Morgan fingerprint density at radius 3 is 2.79 bits per heavy atom. The van der Waals surface area contributed by atoms with Crippen LogP contribution in [-0.2, 0) is 24.2 Å². The van der Waals surface area contributed by atoms with E-state index in [4.69, 9.17) is 0 Å². The highest BCUT2D eigenvalue weighted by Crippen LogP contribution is 2.26. The Bertz CT molecular complexity index is 919. The highest BCUT2D eigenvalue weighted by molar-refractivity contribution is 7.19. The number of thiophene rings is 1. The Labute approximate surface area is 169 Å². The molecule has 0 radical (unpaired) electrons. The minimum Gasteiger partial charge on any atom is -0.390 e. The van der Waals surface area contributed by atoms with Crippen molar-refractivity contribution >= 4 is 27.3 Å². The van der Waals surface area contributed by atoms with Crippen LogP contribution in [0, 0.1) is 0 Å². The third kappa shape index (κ3) is 4.79. The number of aryl methyl sites for hydroxylation is 1. The van der Waals surface area contributed by atoms with Gasteiger partial charge in [-0.2, -0.15) is 0 Å². The van der Waals surface area contributed by atoms with Gasteiger partial charge in [-0.15, -0.1) is 11.3 Å². The number of carbonyl (C=O) groups is 1. The molecular weight excluding hydrogens is 368 g/mol. The summed E-state index contributed by atoms with van der Waals surface area (Å²) in [6.45, 7) is 2.72. The minimum atomic E-state index is -0.543. The molecule has 0 bridgehead atoms. The van der Waals surface area contributed by atoms with Gasteiger partial charge in [-0.25, -0.2) is 0 Å². The van der Waals surface area contributed by atoms with Gasteiger partial charge in [0.05, 0.1) is 6.10 Å². The number of hydrogen-bond acceptors (Lipinski definition) is 4. The number of rotatable bonds is 7. The van der Waals surface area contributed by atoms with Gasteiger partial charge in [0.2, 0.25) is 5.91 Å². The number of benzene rings is 2. The molecule has 0 spiro atoms. The molecule has 0 aliphatic carbocycles. The number of aliphatic hydroxyl groups is 1. The Hall–Kier alpha value is -2.21. The maximum Gasteiger partial charge on any atom is 0.220 e. The first-order valence-corrected chi connectivity index (χ1v) is 10.7. The van der Waals surface area contributed by atoms with E-state index < -0.39 is 6.10 Å². The van der Waals surface area contributed by atoms with Crippen LogP contribution in [0.1, 0.15) is 22.4 Å². The number of nitrogens with one attached hydrogen (secondary N) is 1. The van der Waals surface area contributed by atoms with E-state index in [1.807, 2.05) is 12.1 Å². The van der Waals surface area contributed by atoms with Gasteiger partial charge in [0.15, 0.2) is 0 Å². The molecule has 1 amide bonds. The summed E-state index contributed by atoms with van der Waals surface area (Å²) in [7, 11) is 0. The van der Waals surface area contributed by atoms with E-state index in [0.29, 0.717) is 19.5 Å². The lowest BCUT2D eigenvalue weighted by Gasteiger charge is -2.30. The van der Waals surface area contributed by atoms with E-state index in [9.17, 15) is 9.90 Å². The van der Waals surface area contributed by atoms with E-state index >= 15 is 0 Å². The Morgan fingerprint density at radius 1 is 1.14 bits per heavy atom. The number of β-amino-alcohol motifs (C(OH)–C–C–N with tert-alkyl or cyclic N) is 1. The fraction of sp³-hybridized carbons (Fsp3) is 0.348. The molecule has 2 heterocycles. The Kier molecular flexibility index (Phi) is 6.05. The van der Waals surface area contributed by atoms with E-state index in [2.05, 4.69) is 52.7 Å². The average molecular weight is 395 g/mol. The van der Waals surface area contributed by atoms with Crippen LogP contribution in [0.3, 0.4) is 0 Å². The summed E-state index contributed by atoms with van der Waals surface area (Å²) in [5, 5.41) is 14.4. The molecular formula is C23H26N2O2S. The van der Waals surface area contributed by atoms with Crippen molar-refractivity contribution in [2.24, 2.45) is 0 Å². The molecule has 0 saturated carbocycles. The lowest BCUT2D eigenvalue weighted by atomic mass is 10.00. The lowest BCUT2D eigenvalue weighted by Crippen LogP contribution is -2.42. The molecule has 1 aliphatic heterocycles. The van der Waals surface area contributed by atoms with Crippen LogP contribution in [0.2, 0.25) is 0 Å². The Balaban J connectivity index is 1.19. The van der Waals surface area contributed by atoms with Crippen LogP contribution in [0.4, 0.5) is 0 Å². The first kappa shape index (κ1) is 19.1. The van der Waals surface area contributed by atoms with Gasteiger partial charge in [-0.3, -0.25) is 9.69 Å². The molecule has 4 rings (SSSR count). The topological polar surface area (TPSA) is 52.6 Å². The van der Waals surface area contributed by atoms with Crippen LogP contribution in [0.15, 0.2) is 54.6 Å². The number of hydrogen-bond donors (Lipinski definition) is 2. The molecule has 1 aromatic heterocycles. The summed E-state index contributed by atoms with van der Waals surface area (Å²) in [5.74, 6) is 0.000459. The highest BCUT2D eigenvalue weighted by Gasteiger charge is 2.18. The van der Waals surface area contributed by atoms with E-state index in [-0.39, 0.29) is 5.91 Å². The molecule has 1 atom stereocenters. The number of fused-ring (bicyclic) bond motifs is 2. The first-order chi connectivity index (χ1) is 13.7. The zero-order valence-corrected chi connectivity index (χ0v) is 16.8. The third-order valence-corrected chi connectivity index (χ3v) is 6.46. The lowest BCUT2D eigenvalue weighted by molar-refractivity contribution is -0.121. The van der Waals surface area contributed by atoms with Gasteiger partial charge in [0, 0.05) is 42.2 Å². The molecule has 0 fully saturated rings. The van der Waals surface area contributed by atoms with Gasteiger partial charge in [-0.05, 0) is 41.5 Å². The van der Waals surface area contributed by atoms with Crippen molar-refractivity contribution in [3.63, 3.8) is 0 Å². The molecule has 5 heteroatoms. The van der Waals surface area contributed by atoms with E-state index in [1.165, 1.54) is 26.1 Å². The fourth-order valence-corrected chi connectivity index (χ4v) is 4.85. The molecule has 146 valence electrons. The molecule has 0 saturated heterocycles. The molecule has 2 N–H and O–H groups in total. The second kappa shape index (κ2) is 8.86. The predicted octanol–water partition coefficient (Wildman–Crippen LogP) is 3.37. The smallest absolute Gasteiger partial charge is 0.220 e. The monoisotopic (exact) mass is 394 g/mol. The van der Waals surface area contributed by atoms with Crippen LogP contribution in [0.5, 0.6) is 0 Å². The number of aliphatic hydroxyl groups excluding tert-OH is 1. The third-order valence-electron chi connectivity index (χ3n) is 5.29. The van der Waals surface area contributed by atoms with Crippen LogP contribution < -0.4 is 5.32 Å². The first-order valence-electron chi connectivity index (χ1n) is 9.89. The zero-order chi connectivity index (χ0) is 19.3. The molecule has 1 unspecified atom stereocenters. The van der Waals surface area contributed by atoms with Gasteiger partial charge < -0.3 is 10.4 Å². The quantitative estimate of drug-likeness (QED) is 0.646. The van der Waals surface area contributed by atoms with Gasteiger partial charge in [0.25, 0.3) is 0 Å². The van der Waals surface area contributed by atoms with Crippen LogP contribution >= 0.6 is 11.3 Å². The van der Waals surface area contributed by atoms with E-state index in [1.54, 1.807) is 11.3 Å². The van der Waals surface area contributed by atoms with Crippen molar-refractivity contribution in [1.82, 2.24) is 10.2 Å².